The van der Waals surface area contributed by atoms with Crippen molar-refractivity contribution in [1.82, 2.24) is 39.7 Å². The first-order chi connectivity index (χ1) is 29.4. The minimum absolute atomic E-state index is 0.0225. The van der Waals surface area contributed by atoms with Crippen LogP contribution in [0.5, 0.6) is 12.0 Å². The third-order valence-corrected chi connectivity index (χ3v) is 9.83. The van der Waals surface area contributed by atoms with E-state index in [1.807, 2.05) is 38.0 Å². The van der Waals surface area contributed by atoms with Gasteiger partial charge in [0.2, 0.25) is 23.8 Å². The Bertz CT molecular complexity index is 2260. The number of nitrogen functional groups attached to an aromatic ring is 1. The van der Waals surface area contributed by atoms with Crippen molar-refractivity contribution < 1.29 is 55.8 Å². The zero-order valence-corrected chi connectivity index (χ0v) is 36.3. The van der Waals surface area contributed by atoms with Gasteiger partial charge in [-0.2, -0.15) is 46.7 Å². The molecule has 2 aromatic heterocycles. The average molecular weight is 911 g/mol. The lowest BCUT2D eigenvalue weighted by Crippen LogP contribution is -2.31. The Morgan fingerprint density at radius 3 is 1.56 bits per heavy atom. The number of anilines is 5. The Morgan fingerprint density at radius 2 is 1.08 bits per heavy atom. The van der Waals surface area contributed by atoms with Crippen molar-refractivity contribution in [2.45, 2.75) is 9.79 Å². The quantitative estimate of drug-likeness (QED) is 0.0315. The molecule has 24 nitrogen and oxygen atoms in total. The minimum Gasteiger partial charge on any atom is -0.462 e. The highest BCUT2D eigenvalue weighted by Gasteiger charge is 2.19. The van der Waals surface area contributed by atoms with E-state index in [1.54, 1.807) is 4.90 Å². The molecule has 342 valence electrons. The molecule has 2 heterocycles. The van der Waals surface area contributed by atoms with E-state index in [-0.39, 0.29) is 104 Å². The summed E-state index contributed by atoms with van der Waals surface area (Å²) in [5, 5.41) is 39.7. The summed E-state index contributed by atoms with van der Waals surface area (Å²) < 4.78 is 78.3. The van der Waals surface area contributed by atoms with Gasteiger partial charge in [0.25, 0.3) is 20.2 Å². The molecule has 0 spiro atoms. The third-order valence-electron chi connectivity index (χ3n) is 8.00. The zero-order chi connectivity index (χ0) is 45.9. The maximum absolute atomic E-state index is 12.2. The molecule has 4 aromatic rings. The number of aliphatic hydroxyl groups is 4. The summed E-state index contributed by atoms with van der Waals surface area (Å²) in [6.07, 6.45) is 2.56. The van der Waals surface area contributed by atoms with Crippen molar-refractivity contribution >= 4 is 61.9 Å². The van der Waals surface area contributed by atoms with Crippen molar-refractivity contribution in [2.75, 3.05) is 128 Å². The molecule has 0 atom stereocenters. The van der Waals surface area contributed by atoms with Gasteiger partial charge < -0.3 is 60.5 Å². The minimum atomic E-state index is -4.76. The summed E-state index contributed by atoms with van der Waals surface area (Å²) in [4.78, 5) is 30.9. The van der Waals surface area contributed by atoms with Crippen molar-refractivity contribution in [3.63, 3.8) is 0 Å². The predicted molar refractivity (Wildman–Crippen MR) is 230 cm³/mol. The van der Waals surface area contributed by atoms with Gasteiger partial charge in [-0.15, -0.1) is 0 Å². The molecular formula is C36H54N12O12S2. The molecular weight excluding hydrogens is 857 g/mol. The molecule has 0 aliphatic heterocycles. The SMILES string of the molecule is CN(C)CCOc1nc(N)nc(N(CCO)CCO)n1.CN(C)CCOc1nc(Nc2ccc(/C=C/c3ccccc3S(=O)(=O)O)c(S(=O)(=O)O)c2)nc(N(CCO)CCO)n1. The lowest BCUT2D eigenvalue weighted by Gasteiger charge is -2.21. The summed E-state index contributed by atoms with van der Waals surface area (Å²) in [5.74, 6) is 0.353. The molecule has 2 aromatic carbocycles. The van der Waals surface area contributed by atoms with Gasteiger partial charge in [0.05, 0.1) is 26.4 Å². The monoisotopic (exact) mass is 910 g/mol. The number of hydrogen-bond donors (Lipinski definition) is 8. The van der Waals surface area contributed by atoms with Gasteiger partial charge in [0.1, 0.15) is 23.0 Å². The molecule has 4 rings (SSSR count). The predicted octanol–water partition coefficient (Wildman–Crippen LogP) is -0.804. The molecule has 0 amide bonds. The summed E-state index contributed by atoms with van der Waals surface area (Å²) in [7, 11) is -1.72. The van der Waals surface area contributed by atoms with E-state index < -0.39 is 25.1 Å². The number of likely N-dealkylation sites (N-methyl/N-ethyl adjacent to an activating group) is 2. The Labute approximate surface area is 359 Å². The van der Waals surface area contributed by atoms with Crippen molar-refractivity contribution in [1.29, 1.82) is 0 Å². The number of hydrogen-bond acceptors (Lipinski definition) is 22. The second-order valence-corrected chi connectivity index (χ2v) is 16.2. The molecule has 62 heavy (non-hydrogen) atoms. The first-order valence-corrected chi connectivity index (χ1v) is 21.7. The fraction of sp³-hybridized carbons (Fsp3) is 0.444. The molecule has 9 N–H and O–H groups in total. The van der Waals surface area contributed by atoms with E-state index in [1.165, 1.54) is 53.5 Å². The number of nitrogens with two attached hydrogens (primary N) is 1. The van der Waals surface area contributed by atoms with Gasteiger partial charge in [-0.05, 0) is 57.5 Å². The Morgan fingerprint density at radius 1 is 0.613 bits per heavy atom. The van der Waals surface area contributed by atoms with Crippen LogP contribution in [-0.4, -0.2) is 193 Å². The number of aliphatic hydroxyl groups excluding tert-OH is 4. The molecule has 0 unspecified atom stereocenters. The lowest BCUT2D eigenvalue weighted by atomic mass is 10.1. The number of nitrogens with zero attached hydrogens (tertiary/aromatic N) is 10. The van der Waals surface area contributed by atoms with Gasteiger partial charge in [0, 0.05) is 45.0 Å². The van der Waals surface area contributed by atoms with Gasteiger partial charge in [-0.3, -0.25) is 9.11 Å². The van der Waals surface area contributed by atoms with E-state index in [0.717, 1.165) is 12.6 Å². The van der Waals surface area contributed by atoms with Crippen LogP contribution >= 0.6 is 0 Å². The van der Waals surface area contributed by atoms with Crippen molar-refractivity contribution in [2.24, 2.45) is 0 Å². The van der Waals surface area contributed by atoms with E-state index in [4.69, 9.17) is 25.4 Å². The molecule has 0 saturated carbocycles. The van der Waals surface area contributed by atoms with Crippen LogP contribution in [0.2, 0.25) is 0 Å². The molecule has 0 aliphatic rings. The summed E-state index contributed by atoms with van der Waals surface area (Å²) in [5.41, 5.74) is 5.89. The fourth-order valence-electron chi connectivity index (χ4n) is 5.06. The molecule has 0 bridgehead atoms. The van der Waals surface area contributed by atoms with Gasteiger partial charge >= 0.3 is 12.0 Å². The van der Waals surface area contributed by atoms with E-state index in [0.29, 0.717) is 26.2 Å². The summed E-state index contributed by atoms with van der Waals surface area (Å²) in [6.45, 7) is 2.10. The smallest absolute Gasteiger partial charge is 0.323 e. The zero-order valence-electron chi connectivity index (χ0n) is 34.7. The van der Waals surface area contributed by atoms with Gasteiger partial charge in [0.15, 0.2) is 0 Å². The average Bonchev–Trinajstić information content (AvgIpc) is 3.19. The standard InChI is InChI=1S/C25H32N6O9S2.C11H22N6O3/c1-30(2)13-16-40-25-28-23(27-24(29-25)31(11-14-32)12-15-33)26-20-10-9-19(22(17-20)42(37,38)39)8-7-18-5-3-4-6-21(18)41(34,35)36;1-16(2)5-8-20-11-14-9(12)13-10(15-11)17(3-6-18)4-7-19/h3-10,17,32-33H,11-16H2,1-2H3,(H,34,35,36)(H,37,38,39)(H,26,27,28,29);18-19H,3-8H2,1-2H3,(H2,12,13,14,15)/b8-7+;. The van der Waals surface area contributed by atoms with Crippen LogP contribution in [-0.2, 0) is 20.2 Å². The largest absolute Gasteiger partial charge is 0.462 e. The Balaban J connectivity index is 0.000000428. The van der Waals surface area contributed by atoms with Crippen molar-refractivity contribution in [3.8, 4) is 12.0 Å². The van der Waals surface area contributed by atoms with E-state index >= 15 is 0 Å². The Kier molecular flexibility index (Phi) is 20.4. The summed E-state index contributed by atoms with van der Waals surface area (Å²) in [6, 6.07) is 9.59. The highest BCUT2D eigenvalue weighted by atomic mass is 32.2. The van der Waals surface area contributed by atoms with E-state index in [2.05, 4.69) is 35.2 Å². The van der Waals surface area contributed by atoms with Gasteiger partial charge in [-0.25, -0.2) is 0 Å². The normalized spacial score (nSPS) is 11.7. The third kappa shape index (κ3) is 17.2. The highest BCUT2D eigenvalue weighted by Crippen LogP contribution is 2.27. The number of nitrogens with one attached hydrogen (secondary N) is 1. The van der Waals surface area contributed by atoms with Crippen LogP contribution in [0.3, 0.4) is 0 Å². The molecule has 0 radical (unpaired) electrons. The Hall–Kier alpha value is -5.42. The number of rotatable bonds is 24. The molecule has 0 fully saturated rings. The van der Waals surface area contributed by atoms with Crippen LogP contribution in [0, 0.1) is 0 Å². The maximum atomic E-state index is 12.2. The molecule has 0 aliphatic carbocycles. The number of aromatic nitrogens is 6. The van der Waals surface area contributed by atoms with Crippen LogP contribution in [0.15, 0.2) is 52.3 Å². The van der Waals surface area contributed by atoms with Gasteiger partial charge in [-0.1, -0.05) is 36.4 Å². The van der Waals surface area contributed by atoms with Crippen LogP contribution < -0.4 is 30.3 Å². The first-order valence-electron chi connectivity index (χ1n) is 18.8. The van der Waals surface area contributed by atoms with Crippen LogP contribution in [0.1, 0.15) is 11.1 Å². The number of benzene rings is 2. The maximum Gasteiger partial charge on any atom is 0.323 e. The second-order valence-electron chi connectivity index (χ2n) is 13.4. The highest BCUT2D eigenvalue weighted by molar-refractivity contribution is 7.86. The summed E-state index contributed by atoms with van der Waals surface area (Å²) >= 11 is 0. The lowest BCUT2D eigenvalue weighted by molar-refractivity contribution is 0.244. The topological polar surface area (TPSA) is 336 Å². The molecule has 0 saturated heterocycles. The first kappa shape index (κ1) is 50.9. The van der Waals surface area contributed by atoms with Crippen LogP contribution in [0.25, 0.3) is 12.2 Å². The molecule has 26 heteroatoms. The fourth-order valence-corrected chi connectivity index (χ4v) is 6.45. The number of ether oxygens (including phenoxy) is 2. The second kappa shape index (κ2) is 24.9. The van der Waals surface area contributed by atoms with E-state index in [9.17, 15) is 36.2 Å². The van der Waals surface area contributed by atoms with Crippen molar-refractivity contribution in [3.05, 3.63) is 53.6 Å². The van der Waals surface area contributed by atoms with Crippen LogP contribution in [0.4, 0.5) is 29.5 Å².